The largest absolute Gasteiger partial charge is 0.493 e. The van der Waals surface area contributed by atoms with Crippen LogP contribution in [0.25, 0.3) is 11.4 Å². The fraction of sp³-hybridized carbons (Fsp3) is 0.364. The Hall–Kier alpha value is -2.78. The number of halogens is 1. The third-order valence-electron chi connectivity index (χ3n) is 5.83. The van der Waals surface area contributed by atoms with Crippen molar-refractivity contribution in [3.63, 3.8) is 0 Å². The standard InChI is InChI=1S/C22H22FN3O4S/c23-19-6-2-1-5-18(19)22-24-21(30-25-22)12-15-4-3-10-26(14-15)31(27,28)17-7-8-20-16(13-17)9-11-29-20/h1-2,5-8,13,15H,3-4,9-12,14H2/t15-/m0/s1. The maximum absolute atomic E-state index is 14.0. The van der Waals surface area contributed by atoms with E-state index in [1.807, 2.05) is 0 Å². The van der Waals surface area contributed by atoms with E-state index in [4.69, 9.17) is 9.26 Å². The van der Waals surface area contributed by atoms with Gasteiger partial charge in [0.05, 0.1) is 17.1 Å². The molecular formula is C22H22FN3O4S. The molecule has 31 heavy (non-hydrogen) atoms. The molecule has 3 aromatic rings. The zero-order chi connectivity index (χ0) is 21.4. The highest BCUT2D eigenvalue weighted by Crippen LogP contribution is 2.31. The summed E-state index contributed by atoms with van der Waals surface area (Å²) >= 11 is 0. The fourth-order valence-corrected chi connectivity index (χ4v) is 5.83. The van der Waals surface area contributed by atoms with E-state index in [-0.39, 0.29) is 17.3 Å². The Bertz CT molecular complexity index is 1210. The van der Waals surface area contributed by atoms with E-state index in [9.17, 15) is 12.8 Å². The van der Waals surface area contributed by atoms with Gasteiger partial charge in [0.15, 0.2) is 0 Å². The quantitative estimate of drug-likeness (QED) is 0.600. The highest BCUT2D eigenvalue weighted by Gasteiger charge is 2.32. The van der Waals surface area contributed by atoms with E-state index < -0.39 is 15.8 Å². The van der Waals surface area contributed by atoms with E-state index in [1.54, 1.807) is 36.4 Å². The number of piperidine rings is 1. The number of nitrogens with zero attached hydrogens (tertiary/aromatic N) is 3. The summed E-state index contributed by atoms with van der Waals surface area (Å²) in [5.41, 5.74) is 1.21. The van der Waals surface area contributed by atoms with Gasteiger partial charge < -0.3 is 9.26 Å². The molecule has 2 aliphatic rings. The zero-order valence-electron chi connectivity index (χ0n) is 16.8. The van der Waals surface area contributed by atoms with Gasteiger partial charge in [0.1, 0.15) is 11.6 Å². The third kappa shape index (κ3) is 3.95. The van der Waals surface area contributed by atoms with Crippen molar-refractivity contribution in [3.8, 4) is 17.1 Å². The summed E-state index contributed by atoms with van der Waals surface area (Å²) < 4.78 is 52.7. The van der Waals surface area contributed by atoms with Crippen molar-refractivity contribution < 1.29 is 22.1 Å². The summed E-state index contributed by atoms with van der Waals surface area (Å²) in [6.45, 7) is 1.45. The average molecular weight is 444 g/mol. The second kappa shape index (κ2) is 8.05. The number of sulfonamides is 1. The molecule has 1 aromatic heterocycles. The van der Waals surface area contributed by atoms with Crippen LogP contribution in [0.1, 0.15) is 24.3 Å². The monoisotopic (exact) mass is 443 g/mol. The smallest absolute Gasteiger partial charge is 0.243 e. The van der Waals surface area contributed by atoms with Crippen molar-refractivity contribution >= 4 is 10.0 Å². The first kappa shape index (κ1) is 20.1. The van der Waals surface area contributed by atoms with Gasteiger partial charge in [0, 0.05) is 25.9 Å². The van der Waals surface area contributed by atoms with Crippen LogP contribution in [0.2, 0.25) is 0 Å². The molecule has 1 fully saturated rings. The van der Waals surface area contributed by atoms with Gasteiger partial charge in [-0.2, -0.15) is 9.29 Å². The van der Waals surface area contributed by atoms with Crippen molar-refractivity contribution in [3.05, 3.63) is 59.7 Å². The topological polar surface area (TPSA) is 85.5 Å². The molecule has 0 unspecified atom stereocenters. The highest BCUT2D eigenvalue weighted by molar-refractivity contribution is 7.89. The van der Waals surface area contributed by atoms with E-state index in [0.717, 1.165) is 30.6 Å². The van der Waals surface area contributed by atoms with E-state index in [2.05, 4.69) is 10.1 Å². The van der Waals surface area contributed by atoms with E-state index >= 15 is 0 Å². The Morgan fingerprint density at radius 3 is 2.94 bits per heavy atom. The van der Waals surface area contributed by atoms with E-state index in [0.29, 0.717) is 36.9 Å². The molecule has 7 nitrogen and oxygen atoms in total. The minimum absolute atomic E-state index is 0.0511. The van der Waals surface area contributed by atoms with Crippen molar-refractivity contribution in [2.75, 3.05) is 19.7 Å². The molecule has 2 aliphatic heterocycles. The van der Waals surface area contributed by atoms with Gasteiger partial charge in [-0.05, 0) is 54.7 Å². The van der Waals surface area contributed by atoms with Crippen LogP contribution in [0.4, 0.5) is 4.39 Å². The Balaban J connectivity index is 1.30. The molecule has 9 heteroatoms. The van der Waals surface area contributed by atoms with Crippen LogP contribution < -0.4 is 4.74 Å². The van der Waals surface area contributed by atoms with Gasteiger partial charge in [0.2, 0.25) is 21.7 Å². The highest BCUT2D eigenvalue weighted by atomic mass is 32.2. The van der Waals surface area contributed by atoms with Crippen molar-refractivity contribution in [1.29, 1.82) is 0 Å². The minimum Gasteiger partial charge on any atom is -0.493 e. The van der Waals surface area contributed by atoms with Gasteiger partial charge in [-0.1, -0.05) is 17.3 Å². The van der Waals surface area contributed by atoms with Crippen LogP contribution in [0, 0.1) is 11.7 Å². The predicted octanol–water partition coefficient (Wildman–Crippen LogP) is 3.45. The van der Waals surface area contributed by atoms with Crippen LogP contribution in [-0.4, -0.2) is 42.6 Å². The van der Waals surface area contributed by atoms with Gasteiger partial charge in [-0.25, -0.2) is 12.8 Å². The van der Waals surface area contributed by atoms with Crippen LogP contribution in [0.5, 0.6) is 5.75 Å². The lowest BCUT2D eigenvalue weighted by Gasteiger charge is -2.31. The Kier molecular flexibility index (Phi) is 5.23. The Morgan fingerprint density at radius 1 is 1.19 bits per heavy atom. The second-order valence-corrected chi connectivity index (χ2v) is 9.87. The molecule has 1 saturated heterocycles. The summed E-state index contributed by atoms with van der Waals surface area (Å²) in [7, 11) is -3.59. The molecule has 0 amide bonds. The number of benzene rings is 2. The molecule has 1 atom stereocenters. The molecular weight excluding hydrogens is 421 g/mol. The lowest BCUT2D eigenvalue weighted by atomic mass is 9.96. The predicted molar refractivity (Wildman–Crippen MR) is 111 cm³/mol. The summed E-state index contributed by atoms with van der Waals surface area (Å²) in [6.07, 6.45) is 2.79. The first-order valence-corrected chi connectivity index (χ1v) is 11.8. The molecule has 3 heterocycles. The molecule has 5 rings (SSSR count). The summed E-state index contributed by atoms with van der Waals surface area (Å²) in [6, 6.07) is 11.3. The fourth-order valence-electron chi connectivity index (χ4n) is 4.22. The van der Waals surface area contributed by atoms with E-state index in [1.165, 1.54) is 10.4 Å². The average Bonchev–Trinajstić information content (AvgIpc) is 3.43. The Labute approximate surface area is 179 Å². The van der Waals surface area contributed by atoms with Crippen LogP contribution in [-0.2, 0) is 22.9 Å². The molecule has 0 spiro atoms. The van der Waals surface area contributed by atoms with Crippen LogP contribution in [0.3, 0.4) is 0 Å². The van der Waals surface area contributed by atoms with Gasteiger partial charge in [0.25, 0.3) is 0 Å². The summed E-state index contributed by atoms with van der Waals surface area (Å²) in [4.78, 5) is 4.62. The maximum atomic E-state index is 14.0. The lowest BCUT2D eigenvalue weighted by Crippen LogP contribution is -2.40. The SMILES string of the molecule is O=S(=O)(c1ccc2c(c1)CCO2)N1CCC[C@@H](Cc2nc(-c3ccccc3F)no2)C1. The lowest BCUT2D eigenvalue weighted by molar-refractivity contribution is 0.247. The third-order valence-corrected chi connectivity index (χ3v) is 7.69. The first-order chi connectivity index (χ1) is 15.0. The van der Waals surface area contributed by atoms with Crippen LogP contribution in [0.15, 0.2) is 51.9 Å². The van der Waals surface area contributed by atoms with Gasteiger partial charge in [-0.3, -0.25) is 0 Å². The molecule has 162 valence electrons. The molecule has 0 aliphatic carbocycles. The number of ether oxygens (including phenoxy) is 1. The number of hydrogen-bond acceptors (Lipinski definition) is 6. The molecule has 0 bridgehead atoms. The van der Waals surface area contributed by atoms with Crippen molar-refractivity contribution in [2.45, 2.75) is 30.6 Å². The molecule has 0 N–H and O–H groups in total. The minimum atomic E-state index is -3.59. The molecule has 2 aromatic carbocycles. The van der Waals surface area contributed by atoms with Crippen molar-refractivity contribution in [1.82, 2.24) is 14.4 Å². The molecule has 0 saturated carbocycles. The number of hydrogen-bond donors (Lipinski definition) is 0. The van der Waals surface area contributed by atoms with Gasteiger partial charge in [-0.15, -0.1) is 0 Å². The molecule has 0 radical (unpaired) electrons. The normalized spacial score (nSPS) is 19.2. The second-order valence-electron chi connectivity index (χ2n) is 7.93. The summed E-state index contributed by atoms with van der Waals surface area (Å²) in [5.74, 6) is 0.989. The zero-order valence-corrected chi connectivity index (χ0v) is 17.6. The number of aromatic nitrogens is 2. The first-order valence-electron chi connectivity index (χ1n) is 10.3. The maximum Gasteiger partial charge on any atom is 0.243 e. The summed E-state index contributed by atoms with van der Waals surface area (Å²) in [5, 5.41) is 3.89. The van der Waals surface area contributed by atoms with Crippen molar-refractivity contribution in [2.24, 2.45) is 5.92 Å². The number of fused-ring (bicyclic) bond motifs is 1. The Morgan fingerprint density at radius 2 is 2.06 bits per heavy atom. The van der Waals surface area contributed by atoms with Crippen LogP contribution >= 0.6 is 0 Å². The van der Waals surface area contributed by atoms with Gasteiger partial charge >= 0.3 is 0 Å². The number of rotatable bonds is 5.